The van der Waals surface area contributed by atoms with Gasteiger partial charge >= 0.3 is 0 Å². The largest absolute Gasteiger partial charge is 0.356 e. The van der Waals surface area contributed by atoms with Crippen LogP contribution in [-0.4, -0.2) is 15.1 Å². The predicted octanol–water partition coefficient (Wildman–Crippen LogP) is 3.08. The Morgan fingerprint density at radius 3 is 2.53 bits per heavy atom. The Bertz CT molecular complexity index is 713. The maximum atomic E-state index is 13.6. The van der Waals surface area contributed by atoms with Crippen LogP contribution in [0.25, 0.3) is 22.6 Å². The summed E-state index contributed by atoms with van der Waals surface area (Å²) >= 11 is 0. The minimum Gasteiger partial charge on any atom is -0.356 e. The van der Waals surface area contributed by atoms with Crippen LogP contribution in [0, 0.1) is 11.6 Å². The molecule has 3 rings (SSSR count). The van der Waals surface area contributed by atoms with E-state index in [1.807, 2.05) is 0 Å². The first kappa shape index (κ1) is 11.5. The van der Waals surface area contributed by atoms with Crippen LogP contribution in [0.2, 0.25) is 0 Å². The van der Waals surface area contributed by atoms with E-state index in [0.29, 0.717) is 11.3 Å². The summed E-state index contributed by atoms with van der Waals surface area (Å²) in [4.78, 5) is 7.71. The van der Waals surface area contributed by atoms with Crippen LogP contribution < -0.4 is 0 Å². The quantitative estimate of drug-likeness (QED) is 0.709. The SMILES string of the molecule is Fc1ccc(-c2cc(-c3cncnc3)no2)c(F)c1. The highest BCUT2D eigenvalue weighted by molar-refractivity contribution is 5.65. The lowest BCUT2D eigenvalue weighted by atomic mass is 10.1. The van der Waals surface area contributed by atoms with E-state index in [1.54, 1.807) is 18.5 Å². The molecule has 4 nitrogen and oxygen atoms in total. The van der Waals surface area contributed by atoms with Crippen molar-refractivity contribution in [1.82, 2.24) is 15.1 Å². The molecule has 0 atom stereocenters. The van der Waals surface area contributed by atoms with Gasteiger partial charge in [-0.15, -0.1) is 0 Å². The number of hydrogen-bond acceptors (Lipinski definition) is 4. The van der Waals surface area contributed by atoms with Crippen molar-refractivity contribution in [1.29, 1.82) is 0 Å². The van der Waals surface area contributed by atoms with Crippen molar-refractivity contribution in [2.24, 2.45) is 0 Å². The molecule has 0 aliphatic rings. The van der Waals surface area contributed by atoms with E-state index in [0.717, 1.165) is 12.1 Å². The molecule has 0 spiro atoms. The monoisotopic (exact) mass is 259 g/mol. The zero-order valence-corrected chi connectivity index (χ0v) is 9.55. The van der Waals surface area contributed by atoms with Crippen molar-refractivity contribution in [3.8, 4) is 22.6 Å². The van der Waals surface area contributed by atoms with Crippen molar-refractivity contribution in [3.63, 3.8) is 0 Å². The van der Waals surface area contributed by atoms with Gasteiger partial charge in [-0.25, -0.2) is 18.7 Å². The van der Waals surface area contributed by atoms with Crippen molar-refractivity contribution in [2.75, 3.05) is 0 Å². The van der Waals surface area contributed by atoms with E-state index < -0.39 is 11.6 Å². The van der Waals surface area contributed by atoms with Gasteiger partial charge in [0.15, 0.2) is 5.76 Å². The summed E-state index contributed by atoms with van der Waals surface area (Å²) in [5.41, 5.74) is 1.29. The number of halogens is 2. The molecule has 19 heavy (non-hydrogen) atoms. The third-order valence-corrected chi connectivity index (χ3v) is 2.56. The molecule has 0 bridgehead atoms. The van der Waals surface area contributed by atoms with Gasteiger partial charge < -0.3 is 4.52 Å². The minimum atomic E-state index is -0.702. The molecular weight excluding hydrogens is 252 g/mol. The fraction of sp³-hybridized carbons (Fsp3) is 0. The molecule has 2 heterocycles. The first-order valence-corrected chi connectivity index (χ1v) is 5.41. The highest BCUT2D eigenvalue weighted by atomic mass is 19.1. The lowest BCUT2D eigenvalue weighted by Crippen LogP contribution is -1.84. The second-order valence-corrected chi connectivity index (χ2v) is 3.83. The van der Waals surface area contributed by atoms with E-state index in [4.69, 9.17) is 4.52 Å². The van der Waals surface area contributed by atoms with E-state index in [-0.39, 0.29) is 11.3 Å². The van der Waals surface area contributed by atoms with Gasteiger partial charge in [0.05, 0.1) is 5.56 Å². The molecule has 0 amide bonds. The Hall–Kier alpha value is -2.63. The Kier molecular flexibility index (Phi) is 2.75. The summed E-state index contributed by atoms with van der Waals surface area (Å²) in [6, 6.07) is 4.81. The molecule has 6 heteroatoms. The average Bonchev–Trinajstić information content (AvgIpc) is 2.89. The average molecular weight is 259 g/mol. The molecule has 1 aromatic carbocycles. The number of benzene rings is 1. The number of hydrogen-bond donors (Lipinski definition) is 0. The third kappa shape index (κ3) is 2.20. The molecular formula is C13H7F2N3O. The summed E-state index contributed by atoms with van der Waals surface area (Å²) in [6.45, 7) is 0. The Morgan fingerprint density at radius 1 is 1.00 bits per heavy atom. The Morgan fingerprint density at radius 2 is 1.79 bits per heavy atom. The number of rotatable bonds is 2. The lowest BCUT2D eigenvalue weighted by Gasteiger charge is -1.97. The Balaban J connectivity index is 2.02. The van der Waals surface area contributed by atoms with Crippen LogP contribution in [0.5, 0.6) is 0 Å². The molecule has 0 radical (unpaired) electrons. The smallest absolute Gasteiger partial charge is 0.170 e. The molecule has 0 aliphatic carbocycles. The van der Waals surface area contributed by atoms with Crippen LogP contribution in [0.15, 0.2) is 47.5 Å². The van der Waals surface area contributed by atoms with E-state index in [9.17, 15) is 8.78 Å². The highest BCUT2D eigenvalue weighted by Crippen LogP contribution is 2.27. The highest BCUT2D eigenvalue weighted by Gasteiger charge is 2.13. The third-order valence-electron chi connectivity index (χ3n) is 2.56. The molecule has 0 saturated heterocycles. The molecule has 0 saturated carbocycles. The van der Waals surface area contributed by atoms with Gasteiger partial charge in [0.25, 0.3) is 0 Å². The van der Waals surface area contributed by atoms with Gasteiger partial charge in [-0.3, -0.25) is 0 Å². The van der Waals surface area contributed by atoms with Crippen LogP contribution >= 0.6 is 0 Å². The molecule has 2 aromatic heterocycles. The fourth-order valence-electron chi connectivity index (χ4n) is 1.66. The van der Waals surface area contributed by atoms with Gasteiger partial charge in [-0.1, -0.05) is 5.16 Å². The van der Waals surface area contributed by atoms with Crippen LogP contribution in [0.1, 0.15) is 0 Å². The molecule has 0 fully saturated rings. The van der Waals surface area contributed by atoms with Crippen LogP contribution in [0.3, 0.4) is 0 Å². The van der Waals surface area contributed by atoms with Crippen molar-refractivity contribution < 1.29 is 13.3 Å². The second-order valence-electron chi connectivity index (χ2n) is 3.83. The van der Waals surface area contributed by atoms with E-state index in [1.165, 1.54) is 12.4 Å². The standard InChI is InChI=1S/C13H7F2N3O/c14-9-1-2-10(11(15)3-9)13-4-12(18-19-13)8-5-16-7-17-6-8/h1-7H. The minimum absolute atomic E-state index is 0.150. The predicted molar refractivity (Wildman–Crippen MR) is 62.9 cm³/mol. The first-order valence-electron chi connectivity index (χ1n) is 5.41. The fourth-order valence-corrected chi connectivity index (χ4v) is 1.66. The number of aromatic nitrogens is 3. The van der Waals surface area contributed by atoms with E-state index >= 15 is 0 Å². The normalized spacial score (nSPS) is 10.6. The summed E-state index contributed by atoms with van der Waals surface area (Å²) < 4.78 is 31.5. The van der Waals surface area contributed by atoms with Gasteiger partial charge in [0, 0.05) is 30.1 Å². The summed E-state index contributed by atoms with van der Waals surface area (Å²) in [5.74, 6) is -1.12. The maximum absolute atomic E-state index is 13.6. The zero-order chi connectivity index (χ0) is 13.2. The van der Waals surface area contributed by atoms with Gasteiger partial charge in [0.2, 0.25) is 0 Å². The van der Waals surface area contributed by atoms with E-state index in [2.05, 4.69) is 15.1 Å². The van der Waals surface area contributed by atoms with Crippen LogP contribution in [-0.2, 0) is 0 Å². The Labute approximate surface area is 106 Å². The molecule has 0 aliphatic heterocycles. The second kappa shape index (κ2) is 4.56. The zero-order valence-electron chi connectivity index (χ0n) is 9.55. The summed E-state index contributed by atoms with van der Waals surface area (Å²) in [5, 5.41) is 3.81. The molecule has 0 N–H and O–H groups in total. The van der Waals surface area contributed by atoms with Gasteiger partial charge in [0.1, 0.15) is 23.7 Å². The van der Waals surface area contributed by atoms with Crippen LogP contribution in [0.4, 0.5) is 8.78 Å². The topological polar surface area (TPSA) is 51.8 Å². The van der Waals surface area contributed by atoms with Crippen molar-refractivity contribution >= 4 is 0 Å². The summed E-state index contributed by atoms with van der Waals surface area (Å²) in [6.07, 6.45) is 4.52. The van der Waals surface area contributed by atoms with Crippen molar-refractivity contribution in [3.05, 3.63) is 54.6 Å². The molecule has 3 aromatic rings. The van der Waals surface area contributed by atoms with Crippen molar-refractivity contribution in [2.45, 2.75) is 0 Å². The molecule has 0 unspecified atom stereocenters. The lowest BCUT2D eigenvalue weighted by molar-refractivity contribution is 0.432. The maximum Gasteiger partial charge on any atom is 0.170 e. The summed E-state index contributed by atoms with van der Waals surface area (Å²) in [7, 11) is 0. The molecule has 94 valence electrons. The van der Waals surface area contributed by atoms with Gasteiger partial charge in [-0.05, 0) is 12.1 Å². The first-order chi connectivity index (χ1) is 9.24. The number of nitrogens with zero attached hydrogens (tertiary/aromatic N) is 3. The van der Waals surface area contributed by atoms with Gasteiger partial charge in [-0.2, -0.15) is 0 Å².